The number of benzene rings is 2. The Hall–Kier alpha value is -3.33. The molecule has 0 saturated carbocycles. The van der Waals surface area contributed by atoms with Crippen LogP contribution in [0.25, 0.3) is 22.2 Å². The van der Waals surface area contributed by atoms with Crippen LogP contribution in [-0.4, -0.2) is 15.3 Å². The standard InChI is InChI=1S/C22H19F2N3O3S/c1-4-31-26-14-6-8-18(30-19-7-5-13(23)9-17(19)24)15(10-14)16-11-27(3)22(28)20-21(16)29-12(2)25-20/h5-11,26H,4H2,1-3H3. The van der Waals surface area contributed by atoms with E-state index in [0.29, 0.717) is 28.4 Å². The van der Waals surface area contributed by atoms with E-state index in [1.54, 1.807) is 32.3 Å². The normalized spacial score (nSPS) is 11.1. The van der Waals surface area contributed by atoms with Crippen LogP contribution in [0.4, 0.5) is 14.5 Å². The molecular weight excluding hydrogens is 424 g/mol. The van der Waals surface area contributed by atoms with Crippen molar-refractivity contribution < 1.29 is 17.9 Å². The highest BCUT2D eigenvalue weighted by Crippen LogP contribution is 2.39. The lowest BCUT2D eigenvalue weighted by Crippen LogP contribution is -2.16. The fourth-order valence-electron chi connectivity index (χ4n) is 3.15. The first-order valence-electron chi connectivity index (χ1n) is 9.49. The first kappa shape index (κ1) is 20.9. The van der Waals surface area contributed by atoms with Crippen LogP contribution in [-0.2, 0) is 7.05 Å². The van der Waals surface area contributed by atoms with Crippen LogP contribution in [0.2, 0.25) is 0 Å². The van der Waals surface area contributed by atoms with E-state index in [-0.39, 0.29) is 16.8 Å². The Balaban J connectivity index is 1.92. The molecule has 4 rings (SSSR count). The summed E-state index contributed by atoms with van der Waals surface area (Å²) in [5, 5.41) is 0. The molecule has 0 aliphatic heterocycles. The molecule has 31 heavy (non-hydrogen) atoms. The van der Waals surface area contributed by atoms with Gasteiger partial charge in [-0.25, -0.2) is 13.8 Å². The maximum Gasteiger partial charge on any atom is 0.280 e. The second-order valence-electron chi connectivity index (χ2n) is 6.79. The van der Waals surface area contributed by atoms with Crippen molar-refractivity contribution in [3.05, 3.63) is 70.5 Å². The zero-order valence-corrected chi connectivity index (χ0v) is 17.8. The van der Waals surface area contributed by atoms with E-state index in [2.05, 4.69) is 9.71 Å². The number of rotatable bonds is 6. The molecule has 1 N–H and O–H groups in total. The fraction of sp³-hybridized carbons (Fsp3) is 0.182. The molecule has 160 valence electrons. The molecule has 2 heterocycles. The molecule has 0 fully saturated rings. The van der Waals surface area contributed by atoms with E-state index in [1.807, 2.05) is 13.0 Å². The predicted molar refractivity (Wildman–Crippen MR) is 118 cm³/mol. The van der Waals surface area contributed by atoms with Gasteiger partial charge in [0.05, 0.1) is 0 Å². The van der Waals surface area contributed by atoms with E-state index < -0.39 is 11.6 Å². The predicted octanol–water partition coefficient (Wildman–Crippen LogP) is 5.65. The second-order valence-corrected chi connectivity index (χ2v) is 7.86. The van der Waals surface area contributed by atoms with E-state index in [0.717, 1.165) is 23.6 Å². The van der Waals surface area contributed by atoms with Crippen LogP contribution >= 0.6 is 11.9 Å². The number of nitrogens with one attached hydrogen (secondary N) is 1. The third-order valence-electron chi connectivity index (χ3n) is 4.54. The van der Waals surface area contributed by atoms with Crippen LogP contribution < -0.4 is 15.0 Å². The van der Waals surface area contributed by atoms with Gasteiger partial charge in [-0.1, -0.05) is 18.9 Å². The van der Waals surface area contributed by atoms with Crippen LogP contribution in [0, 0.1) is 18.6 Å². The summed E-state index contributed by atoms with van der Waals surface area (Å²) in [4.78, 5) is 16.7. The summed E-state index contributed by atoms with van der Waals surface area (Å²) in [6, 6.07) is 8.38. The number of nitrogens with zero attached hydrogens (tertiary/aromatic N) is 2. The number of oxazole rings is 1. The maximum atomic E-state index is 14.2. The Kier molecular flexibility index (Phi) is 5.69. The van der Waals surface area contributed by atoms with Crippen molar-refractivity contribution >= 4 is 28.7 Å². The van der Waals surface area contributed by atoms with Gasteiger partial charge in [-0.15, -0.1) is 0 Å². The first-order valence-corrected chi connectivity index (χ1v) is 10.5. The van der Waals surface area contributed by atoms with Gasteiger partial charge >= 0.3 is 0 Å². The molecule has 0 radical (unpaired) electrons. The summed E-state index contributed by atoms with van der Waals surface area (Å²) in [7, 11) is 1.62. The highest BCUT2D eigenvalue weighted by atomic mass is 32.2. The van der Waals surface area contributed by atoms with Gasteiger partial charge in [-0.2, -0.15) is 0 Å². The number of hydrogen-bond acceptors (Lipinski definition) is 6. The molecule has 2 aromatic carbocycles. The minimum Gasteiger partial charge on any atom is -0.454 e. The van der Waals surface area contributed by atoms with E-state index in [1.165, 1.54) is 22.6 Å². The number of aryl methyl sites for hydroxylation is 2. The van der Waals surface area contributed by atoms with Gasteiger partial charge in [0.25, 0.3) is 5.56 Å². The Morgan fingerprint density at radius 3 is 2.68 bits per heavy atom. The molecule has 0 atom stereocenters. The summed E-state index contributed by atoms with van der Waals surface area (Å²) in [6.45, 7) is 3.67. The third kappa shape index (κ3) is 4.13. The number of pyridine rings is 1. The molecule has 0 bridgehead atoms. The Labute approximate surface area is 181 Å². The molecule has 9 heteroatoms. The van der Waals surface area contributed by atoms with Crippen molar-refractivity contribution in [1.29, 1.82) is 0 Å². The molecule has 0 saturated heterocycles. The topological polar surface area (TPSA) is 69.3 Å². The van der Waals surface area contributed by atoms with E-state index >= 15 is 0 Å². The Morgan fingerprint density at radius 1 is 1.16 bits per heavy atom. The van der Waals surface area contributed by atoms with E-state index in [9.17, 15) is 13.6 Å². The number of fused-ring (bicyclic) bond motifs is 1. The summed E-state index contributed by atoms with van der Waals surface area (Å²) in [5.74, 6) is -0.135. The van der Waals surface area contributed by atoms with Crippen LogP contribution in [0.5, 0.6) is 11.5 Å². The average Bonchev–Trinajstić information content (AvgIpc) is 3.14. The monoisotopic (exact) mass is 443 g/mol. The first-order chi connectivity index (χ1) is 14.9. The van der Waals surface area contributed by atoms with Gasteiger partial charge in [0.15, 0.2) is 28.6 Å². The molecule has 6 nitrogen and oxygen atoms in total. The van der Waals surface area contributed by atoms with Crippen LogP contribution in [0.15, 0.2) is 51.8 Å². The van der Waals surface area contributed by atoms with Gasteiger partial charge in [-0.05, 0) is 30.3 Å². The van der Waals surface area contributed by atoms with Crippen molar-refractivity contribution in [2.24, 2.45) is 7.05 Å². The number of ether oxygens (including phenoxy) is 1. The zero-order valence-electron chi connectivity index (χ0n) is 17.0. The summed E-state index contributed by atoms with van der Waals surface area (Å²) in [6.07, 6.45) is 1.62. The van der Waals surface area contributed by atoms with Crippen molar-refractivity contribution in [3.8, 4) is 22.6 Å². The van der Waals surface area contributed by atoms with Crippen molar-refractivity contribution in [1.82, 2.24) is 9.55 Å². The zero-order chi connectivity index (χ0) is 22.1. The minimum absolute atomic E-state index is 0.124. The lowest BCUT2D eigenvalue weighted by Gasteiger charge is -2.15. The van der Waals surface area contributed by atoms with Crippen LogP contribution in [0.3, 0.4) is 0 Å². The molecule has 0 amide bonds. The summed E-state index contributed by atoms with van der Waals surface area (Å²) in [5.41, 5.74) is 2.11. The van der Waals surface area contributed by atoms with E-state index in [4.69, 9.17) is 9.15 Å². The maximum absolute atomic E-state index is 14.2. The quantitative estimate of drug-likeness (QED) is 0.388. The SMILES string of the molecule is CCSNc1ccc(Oc2ccc(F)cc2F)c(-c2cn(C)c(=O)c3nc(C)oc23)c1. The smallest absolute Gasteiger partial charge is 0.280 e. The van der Waals surface area contributed by atoms with Crippen molar-refractivity contribution in [2.45, 2.75) is 13.8 Å². The number of anilines is 1. The lowest BCUT2D eigenvalue weighted by molar-refractivity contribution is 0.439. The van der Waals surface area contributed by atoms with Gasteiger partial charge in [0.1, 0.15) is 11.6 Å². The second kappa shape index (κ2) is 8.43. The molecule has 0 aliphatic carbocycles. The largest absolute Gasteiger partial charge is 0.454 e. The Bertz CT molecular complexity index is 1330. The van der Waals surface area contributed by atoms with Gasteiger partial charge in [0.2, 0.25) is 0 Å². The number of halogens is 2. The van der Waals surface area contributed by atoms with Gasteiger partial charge in [-0.3, -0.25) is 4.79 Å². The van der Waals surface area contributed by atoms with Crippen molar-refractivity contribution in [2.75, 3.05) is 10.5 Å². The molecular formula is C22H19F2N3O3S. The highest BCUT2D eigenvalue weighted by Gasteiger charge is 2.20. The molecule has 0 unspecified atom stereocenters. The molecule has 0 spiro atoms. The summed E-state index contributed by atoms with van der Waals surface area (Å²) >= 11 is 1.51. The highest BCUT2D eigenvalue weighted by molar-refractivity contribution is 8.00. The van der Waals surface area contributed by atoms with Crippen molar-refractivity contribution in [3.63, 3.8) is 0 Å². The molecule has 4 aromatic rings. The Morgan fingerprint density at radius 2 is 1.94 bits per heavy atom. The molecule has 2 aromatic heterocycles. The van der Waals surface area contributed by atoms with Crippen LogP contribution in [0.1, 0.15) is 12.8 Å². The average molecular weight is 443 g/mol. The third-order valence-corrected chi connectivity index (χ3v) is 5.21. The number of aromatic nitrogens is 2. The minimum atomic E-state index is -0.823. The number of hydrogen-bond donors (Lipinski definition) is 1. The molecule has 0 aliphatic rings. The van der Waals surface area contributed by atoms with Gasteiger partial charge in [0, 0.05) is 48.8 Å². The lowest BCUT2D eigenvalue weighted by atomic mass is 10.0. The summed E-state index contributed by atoms with van der Waals surface area (Å²) < 4.78 is 43.7. The fourth-order valence-corrected chi connectivity index (χ4v) is 3.59. The van der Waals surface area contributed by atoms with Gasteiger partial charge < -0.3 is 18.4 Å².